The SMILES string of the molecule is CC(C)OC(=O)c1c(NC(=O)c2ccc(Cl)cc2)sc2c1CCCC2. The van der Waals surface area contributed by atoms with E-state index in [1.807, 2.05) is 13.8 Å². The van der Waals surface area contributed by atoms with Crippen molar-refractivity contribution >= 4 is 39.8 Å². The van der Waals surface area contributed by atoms with Gasteiger partial charge in [0, 0.05) is 15.5 Å². The van der Waals surface area contributed by atoms with Gasteiger partial charge >= 0.3 is 5.97 Å². The van der Waals surface area contributed by atoms with Crippen molar-refractivity contribution in [1.29, 1.82) is 0 Å². The van der Waals surface area contributed by atoms with E-state index in [0.717, 1.165) is 31.2 Å². The van der Waals surface area contributed by atoms with Crippen LogP contribution in [0.1, 0.15) is 57.8 Å². The Kier molecular flexibility index (Phi) is 5.45. The molecule has 1 amide bonds. The highest BCUT2D eigenvalue weighted by molar-refractivity contribution is 7.17. The number of hydrogen-bond acceptors (Lipinski definition) is 4. The Morgan fingerprint density at radius 2 is 1.84 bits per heavy atom. The fraction of sp³-hybridized carbons (Fsp3) is 0.368. The molecule has 1 N–H and O–H groups in total. The molecule has 1 aliphatic rings. The van der Waals surface area contributed by atoms with Gasteiger partial charge in [-0.05, 0) is 69.4 Å². The lowest BCUT2D eigenvalue weighted by atomic mass is 9.95. The number of esters is 1. The Balaban J connectivity index is 1.92. The van der Waals surface area contributed by atoms with Crippen LogP contribution in [0, 0.1) is 0 Å². The number of fused-ring (bicyclic) bond motifs is 1. The summed E-state index contributed by atoms with van der Waals surface area (Å²) in [4.78, 5) is 26.3. The molecule has 0 saturated heterocycles. The van der Waals surface area contributed by atoms with Gasteiger partial charge in [-0.15, -0.1) is 11.3 Å². The van der Waals surface area contributed by atoms with Gasteiger partial charge in [0.25, 0.3) is 5.91 Å². The second kappa shape index (κ2) is 7.58. The van der Waals surface area contributed by atoms with E-state index in [1.165, 1.54) is 16.2 Å². The molecular weight excluding hydrogens is 358 g/mol. The molecule has 0 saturated carbocycles. The van der Waals surface area contributed by atoms with Crippen LogP contribution in [0.3, 0.4) is 0 Å². The van der Waals surface area contributed by atoms with E-state index < -0.39 is 0 Å². The van der Waals surface area contributed by atoms with Gasteiger partial charge in [-0.2, -0.15) is 0 Å². The number of ether oxygens (including phenoxy) is 1. The number of rotatable bonds is 4. The maximum absolute atomic E-state index is 12.6. The van der Waals surface area contributed by atoms with Gasteiger partial charge in [0.05, 0.1) is 11.7 Å². The van der Waals surface area contributed by atoms with E-state index >= 15 is 0 Å². The fourth-order valence-corrected chi connectivity index (χ4v) is 4.32. The summed E-state index contributed by atoms with van der Waals surface area (Å²) in [5.41, 5.74) is 2.06. The first-order valence-electron chi connectivity index (χ1n) is 8.38. The zero-order chi connectivity index (χ0) is 18.0. The van der Waals surface area contributed by atoms with Gasteiger partial charge in [0.15, 0.2) is 0 Å². The molecule has 1 aromatic heterocycles. The third kappa shape index (κ3) is 4.05. The summed E-state index contributed by atoms with van der Waals surface area (Å²) in [7, 11) is 0. The molecule has 0 aliphatic heterocycles. The van der Waals surface area contributed by atoms with Crippen LogP contribution in [0.25, 0.3) is 0 Å². The molecule has 132 valence electrons. The van der Waals surface area contributed by atoms with Crippen molar-refractivity contribution in [2.45, 2.75) is 45.6 Å². The van der Waals surface area contributed by atoms with Crippen molar-refractivity contribution in [3.8, 4) is 0 Å². The molecule has 0 unspecified atom stereocenters. The number of nitrogens with one attached hydrogen (secondary N) is 1. The number of thiophene rings is 1. The average Bonchev–Trinajstić information content (AvgIpc) is 2.92. The van der Waals surface area contributed by atoms with E-state index in [9.17, 15) is 9.59 Å². The Morgan fingerprint density at radius 3 is 2.52 bits per heavy atom. The molecule has 6 heteroatoms. The van der Waals surface area contributed by atoms with Crippen LogP contribution in [0.5, 0.6) is 0 Å². The molecule has 4 nitrogen and oxygen atoms in total. The first-order chi connectivity index (χ1) is 12.0. The Hall–Kier alpha value is -1.85. The molecule has 25 heavy (non-hydrogen) atoms. The lowest BCUT2D eigenvalue weighted by molar-refractivity contribution is 0.0378. The summed E-state index contributed by atoms with van der Waals surface area (Å²) in [5.74, 6) is -0.616. The first kappa shape index (κ1) is 18.0. The molecule has 0 radical (unpaired) electrons. The van der Waals surface area contributed by atoms with Gasteiger partial charge in [-0.25, -0.2) is 4.79 Å². The number of halogens is 1. The number of anilines is 1. The van der Waals surface area contributed by atoms with Crippen molar-refractivity contribution in [3.05, 3.63) is 50.9 Å². The Bertz CT molecular complexity index is 796. The molecular formula is C19H20ClNO3S. The van der Waals surface area contributed by atoms with Crippen LogP contribution in [-0.2, 0) is 17.6 Å². The summed E-state index contributed by atoms with van der Waals surface area (Å²) >= 11 is 7.35. The Labute approximate surface area is 156 Å². The largest absolute Gasteiger partial charge is 0.459 e. The summed E-state index contributed by atoms with van der Waals surface area (Å²) in [6.07, 6.45) is 3.75. The van der Waals surface area contributed by atoms with Crippen molar-refractivity contribution in [2.24, 2.45) is 0 Å². The van der Waals surface area contributed by atoms with Crippen LogP contribution < -0.4 is 5.32 Å². The quantitative estimate of drug-likeness (QED) is 0.754. The minimum absolute atomic E-state index is 0.202. The van der Waals surface area contributed by atoms with E-state index in [4.69, 9.17) is 16.3 Å². The summed E-state index contributed by atoms with van der Waals surface area (Å²) < 4.78 is 5.40. The summed E-state index contributed by atoms with van der Waals surface area (Å²) in [5, 5.41) is 4.05. The molecule has 0 bridgehead atoms. The van der Waals surface area contributed by atoms with Crippen LogP contribution in [0.4, 0.5) is 5.00 Å². The molecule has 0 spiro atoms. The smallest absolute Gasteiger partial charge is 0.341 e. The number of amides is 1. The van der Waals surface area contributed by atoms with Gasteiger partial charge in [0.1, 0.15) is 5.00 Å². The minimum Gasteiger partial charge on any atom is -0.459 e. The number of carbonyl (C=O) groups excluding carboxylic acids is 2. The fourth-order valence-electron chi connectivity index (χ4n) is 2.92. The monoisotopic (exact) mass is 377 g/mol. The second-order valence-corrected chi connectivity index (χ2v) is 7.87. The van der Waals surface area contributed by atoms with Crippen molar-refractivity contribution in [1.82, 2.24) is 0 Å². The highest BCUT2D eigenvalue weighted by Gasteiger charge is 2.28. The zero-order valence-electron chi connectivity index (χ0n) is 14.2. The molecule has 2 aromatic rings. The lowest BCUT2D eigenvalue weighted by Crippen LogP contribution is -2.17. The molecule has 0 atom stereocenters. The van der Waals surface area contributed by atoms with Crippen LogP contribution >= 0.6 is 22.9 Å². The zero-order valence-corrected chi connectivity index (χ0v) is 15.8. The van der Waals surface area contributed by atoms with Crippen LogP contribution in [0.2, 0.25) is 5.02 Å². The topological polar surface area (TPSA) is 55.4 Å². The number of carbonyl (C=O) groups is 2. The average molecular weight is 378 g/mol. The predicted octanol–water partition coefficient (Wildman–Crippen LogP) is 5.10. The van der Waals surface area contributed by atoms with E-state index in [2.05, 4.69) is 5.32 Å². The van der Waals surface area contributed by atoms with Crippen LogP contribution in [0.15, 0.2) is 24.3 Å². The molecule has 1 aromatic carbocycles. The highest BCUT2D eigenvalue weighted by atomic mass is 35.5. The van der Waals surface area contributed by atoms with E-state index in [1.54, 1.807) is 24.3 Å². The maximum Gasteiger partial charge on any atom is 0.341 e. The minimum atomic E-state index is -0.360. The summed E-state index contributed by atoms with van der Waals surface area (Å²) in [6, 6.07) is 6.67. The lowest BCUT2D eigenvalue weighted by Gasteiger charge is -2.14. The third-order valence-electron chi connectivity index (χ3n) is 4.05. The highest BCUT2D eigenvalue weighted by Crippen LogP contribution is 2.39. The van der Waals surface area contributed by atoms with Gasteiger partial charge in [-0.1, -0.05) is 11.6 Å². The molecule has 3 rings (SSSR count). The Morgan fingerprint density at radius 1 is 1.16 bits per heavy atom. The maximum atomic E-state index is 12.6. The molecule has 0 fully saturated rings. The normalized spacial score (nSPS) is 13.4. The molecule has 1 heterocycles. The third-order valence-corrected chi connectivity index (χ3v) is 5.51. The van der Waals surface area contributed by atoms with Gasteiger partial charge < -0.3 is 10.1 Å². The van der Waals surface area contributed by atoms with Crippen molar-refractivity contribution < 1.29 is 14.3 Å². The van der Waals surface area contributed by atoms with E-state index in [-0.39, 0.29) is 18.0 Å². The van der Waals surface area contributed by atoms with Gasteiger partial charge in [0.2, 0.25) is 0 Å². The van der Waals surface area contributed by atoms with Gasteiger partial charge in [-0.3, -0.25) is 4.79 Å². The number of hydrogen-bond donors (Lipinski definition) is 1. The number of aryl methyl sites for hydroxylation is 1. The van der Waals surface area contributed by atoms with E-state index in [0.29, 0.717) is 21.2 Å². The number of benzene rings is 1. The second-order valence-electron chi connectivity index (χ2n) is 6.33. The molecule has 1 aliphatic carbocycles. The van der Waals surface area contributed by atoms with Crippen molar-refractivity contribution in [2.75, 3.05) is 5.32 Å². The van der Waals surface area contributed by atoms with Crippen molar-refractivity contribution in [3.63, 3.8) is 0 Å². The standard InChI is InChI=1S/C19H20ClNO3S/c1-11(2)24-19(23)16-14-5-3-4-6-15(14)25-18(16)21-17(22)12-7-9-13(20)10-8-12/h7-11H,3-6H2,1-2H3,(H,21,22). The predicted molar refractivity (Wildman–Crippen MR) is 101 cm³/mol. The van der Waals surface area contributed by atoms with Crippen LogP contribution in [-0.4, -0.2) is 18.0 Å². The summed E-state index contributed by atoms with van der Waals surface area (Å²) in [6.45, 7) is 3.64. The first-order valence-corrected chi connectivity index (χ1v) is 9.57.